The van der Waals surface area contributed by atoms with E-state index in [-0.39, 0.29) is 11.5 Å². The number of hydrogen-bond acceptors (Lipinski definition) is 6. The lowest BCUT2D eigenvalue weighted by Gasteiger charge is -2.12. The third-order valence-electron chi connectivity index (χ3n) is 5.34. The normalized spacial score (nSPS) is 15.6. The van der Waals surface area contributed by atoms with E-state index in [0.29, 0.717) is 33.9 Å². The van der Waals surface area contributed by atoms with E-state index in [1.165, 1.54) is 34.4 Å². The van der Waals surface area contributed by atoms with Crippen molar-refractivity contribution in [1.29, 1.82) is 0 Å². The van der Waals surface area contributed by atoms with Gasteiger partial charge in [-0.2, -0.15) is 0 Å². The van der Waals surface area contributed by atoms with Gasteiger partial charge in [0, 0.05) is 7.05 Å². The summed E-state index contributed by atoms with van der Waals surface area (Å²) < 4.78 is 11.5. The van der Waals surface area contributed by atoms with E-state index >= 15 is 0 Å². The summed E-state index contributed by atoms with van der Waals surface area (Å²) in [4.78, 5) is 30.3. The van der Waals surface area contributed by atoms with Crippen LogP contribution in [0.5, 0.6) is 11.5 Å². The van der Waals surface area contributed by atoms with Crippen LogP contribution < -0.4 is 9.47 Å². The highest BCUT2D eigenvalue weighted by Crippen LogP contribution is 2.35. The number of benzene rings is 3. The van der Waals surface area contributed by atoms with Gasteiger partial charge in [0.05, 0.1) is 23.3 Å². The average molecular weight is 489 g/mol. The van der Waals surface area contributed by atoms with Gasteiger partial charge in [-0.15, -0.1) is 0 Å². The molecule has 0 atom stereocenters. The van der Waals surface area contributed by atoms with Crippen LogP contribution in [0.15, 0.2) is 76.6 Å². The van der Waals surface area contributed by atoms with E-state index in [2.05, 4.69) is 4.99 Å². The standard InChI is InChI=1S/C27H24N2O5S/c1-17-4-6-18(7-5-17)16-34-22-13-8-19(14-23(22)33-3)15-24-25(30)29(2)27(35-24)28-21-11-9-20(10-12-21)26(31)32/h4-15H,16H2,1-3H3,(H,31,32). The largest absolute Gasteiger partial charge is 0.493 e. The Morgan fingerprint density at radius 1 is 1.06 bits per heavy atom. The van der Waals surface area contributed by atoms with Crippen molar-refractivity contribution in [2.45, 2.75) is 13.5 Å². The van der Waals surface area contributed by atoms with Crippen molar-refractivity contribution in [2.24, 2.45) is 4.99 Å². The Morgan fingerprint density at radius 2 is 1.77 bits per heavy atom. The second-order valence-corrected chi connectivity index (χ2v) is 8.91. The van der Waals surface area contributed by atoms with Crippen LogP contribution in [0, 0.1) is 6.92 Å². The van der Waals surface area contributed by atoms with Gasteiger partial charge in [0.15, 0.2) is 16.7 Å². The molecule has 7 nitrogen and oxygen atoms in total. The van der Waals surface area contributed by atoms with Crippen LogP contribution in [0.25, 0.3) is 6.08 Å². The molecule has 0 saturated carbocycles. The maximum Gasteiger partial charge on any atom is 0.335 e. The summed E-state index contributed by atoms with van der Waals surface area (Å²) in [6.07, 6.45) is 1.78. The molecule has 3 aromatic rings. The molecular formula is C27H24N2O5S. The number of amidine groups is 1. The maximum atomic E-state index is 12.8. The Bertz CT molecular complexity index is 1310. The molecule has 8 heteroatoms. The van der Waals surface area contributed by atoms with Gasteiger partial charge in [-0.3, -0.25) is 9.69 Å². The number of hydrogen-bond donors (Lipinski definition) is 1. The first-order chi connectivity index (χ1) is 16.8. The number of carboxylic acids is 1. The monoisotopic (exact) mass is 488 g/mol. The zero-order valence-electron chi connectivity index (χ0n) is 19.5. The highest BCUT2D eigenvalue weighted by Gasteiger charge is 2.30. The Morgan fingerprint density at radius 3 is 2.43 bits per heavy atom. The predicted molar refractivity (Wildman–Crippen MR) is 137 cm³/mol. The third-order valence-corrected chi connectivity index (χ3v) is 6.40. The lowest BCUT2D eigenvalue weighted by Crippen LogP contribution is -2.23. The molecule has 3 aromatic carbocycles. The molecule has 1 aliphatic rings. The van der Waals surface area contributed by atoms with Crippen LogP contribution in [0.1, 0.15) is 27.0 Å². The number of aromatic carboxylic acids is 1. The topological polar surface area (TPSA) is 88.4 Å². The van der Waals surface area contributed by atoms with E-state index in [9.17, 15) is 9.59 Å². The molecule has 1 aliphatic heterocycles. The molecule has 0 bridgehead atoms. The van der Waals surface area contributed by atoms with Gasteiger partial charge >= 0.3 is 5.97 Å². The second-order valence-electron chi connectivity index (χ2n) is 7.91. The molecule has 0 radical (unpaired) electrons. The van der Waals surface area contributed by atoms with Crippen molar-refractivity contribution in [3.05, 3.63) is 93.9 Å². The van der Waals surface area contributed by atoms with E-state index in [1.807, 2.05) is 49.4 Å². The fraction of sp³-hybridized carbons (Fsp3) is 0.148. The van der Waals surface area contributed by atoms with Gasteiger partial charge in [0.1, 0.15) is 6.61 Å². The summed E-state index contributed by atoms with van der Waals surface area (Å²) in [6, 6.07) is 19.8. The van der Waals surface area contributed by atoms with Crippen molar-refractivity contribution < 1.29 is 24.2 Å². The van der Waals surface area contributed by atoms with Crippen LogP contribution in [-0.4, -0.2) is 41.2 Å². The average Bonchev–Trinajstić information content (AvgIpc) is 3.12. The van der Waals surface area contributed by atoms with Crippen LogP contribution >= 0.6 is 11.8 Å². The number of amides is 1. The number of thioether (sulfide) groups is 1. The molecule has 1 heterocycles. The second kappa shape index (κ2) is 10.5. The zero-order valence-corrected chi connectivity index (χ0v) is 20.3. The van der Waals surface area contributed by atoms with Gasteiger partial charge in [0.2, 0.25) is 0 Å². The minimum Gasteiger partial charge on any atom is -0.493 e. The first kappa shape index (κ1) is 24.1. The first-order valence-corrected chi connectivity index (χ1v) is 11.6. The highest BCUT2D eigenvalue weighted by molar-refractivity contribution is 8.18. The minimum atomic E-state index is -1.00. The lowest BCUT2D eigenvalue weighted by atomic mass is 10.1. The zero-order chi connectivity index (χ0) is 24.9. The van der Waals surface area contributed by atoms with Crippen LogP contribution in [-0.2, 0) is 11.4 Å². The van der Waals surface area contributed by atoms with Crippen LogP contribution in [0.3, 0.4) is 0 Å². The van der Waals surface area contributed by atoms with E-state index < -0.39 is 5.97 Å². The minimum absolute atomic E-state index is 0.172. The molecular weight excluding hydrogens is 464 g/mol. The number of aliphatic imine (C=N–C) groups is 1. The van der Waals surface area contributed by atoms with Crippen molar-refractivity contribution in [2.75, 3.05) is 14.2 Å². The summed E-state index contributed by atoms with van der Waals surface area (Å²) in [5.74, 6) is 0.0148. The predicted octanol–water partition coefficient (Wildman–Crippen LogP) is 5.51. The molecule has 1 N–H and O–H groups in total. The van der Waals surface area contributed by atoms with Crippen molar-refractivity contribution in [1.82, 2.24) is 4.90 Å². The summed E-state index contributed by atoms with van der Waals surface area (Å²) >= 11 is 1.25. The van der Waals surface area contributed by atoms with Gasteiger partial charge in [-0.05, 0) is 72.3 Å². The fourth-order valence-electron chi connectivity index (χ4n) is 3.33. The molecule has 35 heavy (non-hydrogen) atoms. The fourth-order valence-corrected chi connectivity index (χ4v) is 4.32. The molecule has 0 aromatic heterocycles. The van der Waals surface area contributed by atoms with Gasteiger partial charge in [-0.25, -0.2) is 9.79 Å². The van der Waals surface area contributed by atoms with E-state index in [4.69, 9.17) is 14.6 Å². The number of carbonyl (C=O) groups is 2. The van der Waals surface area contributed by atoms with Gasteiger partial charge in [-0.1, -0.05) is 35.9 Å². The van der Waals surface area contributed by atoms with E-state index in [1.54, 1.807) is 32.4 Å². The number of aryl methyl sites for hydroxylation is 1. The summed E-state index contributed by atoms with van der Waals surface area (Å²) in [7, 11) is 3.23. The number of rotatable bonds is 7. The summed E-state index contributed by atoms with van der Waals surface area (Å²) in [6.45, 7) is 2.46. The lowest BCUT2D eigenvalue weighted by molar-refractivity contribution is -0.121. The highest BCUT2D eigenvalue weighted by atomic mass is 32.2. The van der Waals surface area contributed by atoms with Crippen molar-refractivity contribution >= 4 is 40.6 Å². The third kappa shape index (κ3) is 5.73. The smallest absolute Gasteiger partial charge is 0.335 e. The SMILES string of the molecule is COc1cc(C=C2SC(=Nc3ccc(C(=O)O)cc3)N(C)C2=O)ccc1OCc1ccc(C)cc1. The quantitative estimate of drug-likeness (QED) is 0.441. The summed E-state index contributed by atoms with van der Waals surface area (Å²) in [5, 5.41) is 9.55. The van der Waals surface area contributed by atoms with Crippen LogP contribution in [0.2, 0.25) is 0 Å². The molecule has 0 spiro atoms. The van der Waals surface area contributed by atoms with Crippen molar-refractivity contribution in [3.63, 3.8) is 0 Å². The summed E-state index contributed by atoms with van der Waals surface area (Å²) in [5.41, 5.74) is 3.79. The molecule has 0 unspecified atom stereocenters. The Labute approximate surface area is 207 Å². The first-order valence-electron chi connectivity index (χ1n) is 10.8. The number of carboxylic acid groups (broad SMARTS) is 1. The molecule has 1 fully saturated rings. The Hall–Kier alpha value is -4.04. The molecule has 1 saturated heterocycles. The molecule has 1 amide bonds. The number of likely N-dealkylation sites (N-methyl/N-ethyl adjacent to an activating group) is 1. The Kier molecular flexibility index (Phi) is 7.22. The van der Waals surface area contributed by atoms with Crippen LogP contribution in [0.4, 0.5) is 5.69 Å². The molecule has 4 rings (SSSR count). The number of ether oxygens (including phenoxy) is 2. The number of nitrogens with zero attached hydrogens (tertiary/aromatic N) is 2. The van der Waals surface area contributed by atoms with Gasteiger partial charge in [0.25, 0.3) is 5.91 Å². The Balaban J connectivity index is 1.50. The number of methoxy groups -OCH3 is 1. The van der Waals surface area contributed by atoms with Crippen molar-refractivity contribution in [3.8, 4) is 11.5 Å². The molecule has 0 aliphatic carbocycles. The van der Waals surface area contributed by atoms with E-state index in [0.717, 1.165) is 11.1 Å². The van der Waals surface area contributed by atoms with Gasteiger partial charge < -0.3 is 14.6 Å². The maximum absolute atomic E-state index is 12.8. The number of carbonyl (C=O) groups excluding carboxylic acids is 1. The molecule has 178 valence electrons.